The SMILES string of the molecule is CC(C)N1CCn2c(CNC(=O)C(NC(=O)c3cccn4c(=O)[nH]nc34)c3ccccc3)cc(=O)c(O)c2C1=O. The number of amides is 3. The van der Waals surface area contributed by atoms with Crippen molar-refractivity contribution in [1.29, 1.82) is 0 Å². The molecular weight excluding hydrogens is 518 g/mol. The Morgan fingerprint density at radius 3 is 2.55 bits per heavy atom. The van der Waals surface area contributed by atoms with E-state index in [9.17, 15) is 29.1 Å². The van der Waals surface area contributed by atoms with Gasteiger partial charge in [-0.15, -0.1) is 0 Å². The molecular formula is C27H27N7O6. The maximum absolute atomic E-state index is 13.5. The van der Waals surface area contributed by atoms with Gasteiger partial charge in [-0.3, -0.25) is 19.2 Å². The van der Waals surface area contributed by atoms with Gasteiger partial charge in [-0.25, -0.2) is 14.3 Å². The molecule has 4 N–H and O–H groups in total. The van der Waals surface area contributed by atoms with Gasteiger partial charge >= 0.3 is 5.69 Å². The van der Waals surface area contributed by atoms with Crippen LogP contribution in [-0.4, -0.2) is 59.5 Å². The van der Waals surface area contributed by atoms with Gasteiger partial charge in [0.25, 0.3) is 11.8 Å². The number of aromatic amines is 1. The second-order valence-corrected chi connectivity index (χ2v) is 9.62. The highest BCUT2D eigenvalue weighted by molar-refractivity contribution is 6.02. The standard InChI is InChI=1S/C27H27N7O6/c1-15(2)32-11-12-33-17(13-19(35)22(36)21(33)26(32)39)14-28-25(38)20(16-7-4-3-5-8-16)29-24(37)18-9-6-10-34-23(18)30-31-27(34)40/h3-10,13,15,20,36H,11-12,14H2,1-2H3,(H,28,38)(H,29,37)(H,31,40). The molecule has 13 nitrogen and oxygen atoms in total. The zero-order valence-corrected chi connectivity index (χ0v) is 21.7. The molecule has 0 spiro atoms. The molecule has 206 valence electrons. The largest absolute Gasteiger partial charge is 0.503 e. The smallest absolute Gasteiger partial charge is 0.347 e. The molecule has 13 heteroatoms. The summed E-state index contributed by atoms with van der Waals surface area (Å²) >= 11 is 0. The Morgan fingerprint density at radius 1 is 1.07 bits per heavy atom. The van der Waals surface area contributed by atoms with Gasteiger partial charge in [0.15, 0.2) is 17.1 Å². The van der Waals surface area contributed by atoms with Gasteiger partial charge in [-0.1, -0.05) is 30.3 Å². The van der Waals surface area contributed by atoms with Crippen molar-refractivity contribution in [3.8, 4) is 5.75 Å². The average Bonchev–Trinajstić information content (AvgIpc) is 3.33. The molecule has 4 heterocycles. The number of carbonyl (C=O) groups excluding carboxylic acids is 3. The maximum Gasteiger partial charge on any atom is 0.347 e. The molecule has 3 amide bonds. The number of H-pyrrole nitrogens is 1. The second-order valence-electron chi connectivity index (χ2n) is 9.62. The molecule has 3 aromatic heterocycles. The number of rotatable bonds is 7. The Bertz CT molecular complexity index is 1740. The highest BCUT2D eigenvalue weighted by atomic mass is 16.3. The molecule has 1 unspecified atom stereocenters. The number of aromatic nitrogens is 4. The zero-order chi connectivity index (χ0) is 28.6. The predicted octanol–water partition coefficient (Wildman–Crippen LogP) is 0.542. The Morgan fingerprint density at radius 2 is 1.82 bits per heavy atom. The van der Waals surface area contributed by atoms with Crippen LogP contribution < -0.4 is 21.8 Å². The highest BCUT2D eigenvalue weighted by Crippen LogP contribution is 2.23. The predicted molar refractivity (Wildman–Crippen MR) is 143 cm³/mol. The Kier molecular flexibility index (Phi) is 6.94. The van der Waals surface area contributed by atoms with Crippen LogP contribution in [0.1, 0.15) is 52.0 Å². The molecule has 1 aliphatic rings. The number of nitrogens with one attached hydrogen (secondary N) is 3. The van der Waals surface area contributed by atoms with Crippen molar-refractivity contribution in [2.45, 2.75) is 39.0 Å². The fourth-order valence-electron chi connectivity index (χ4n) is 4.79. The van der Waals surface area contributed by atoms with Gasteiger partial charge in [-0.05, 0) is 31.5 Å². The van der Waals surface area contributed by atoms with Crippen LogP contribution in [0.15, 0.2) is 64.3 Å². The Labute approximate surface area is 227 Å². The van der Waals surface area contributed by atoms with Crippen molar-refractivity contribution in [1.82, 2.24) is 34.7 Å². The van der Waals surface area contributed by atoms with Gasteiger partial charge in [0.2, 0.25) is 11.3 Å². The monoisotopic (exact) mass is 545 g/mol. The van der Waals surface area contributed by atoms with E-state index in [0.717, 1.165) is 0 Å². The zero-order valence-electron chi connectivity index (χ0n) is 21.7. The van der Waals surface area contributed by atoms with E-state index in [1.165, 1.54) is 33.4 Å². The summed E-state index contributed by atoms with van der Waals surface area (Å²) in [7, 11) is 0. The fraction of sp³-hybridized carbons (Fsp3) is 0.259. The third-order valence-corrected chi connectivity index (χ3v) is 6.83. The van der Waals surface area contributed by atoms with Crippen LogP contribution >= 0.6 is 0 Å². The normalized spacial score (nSPS) is 13.8. The number of nitrogens with zero attached hydrogens (tertiary/aromatic N) is 4. The number of hydrogen-bond donors (Lipinski definition) is 4. The molecule has 4 aromatic rings. The lowest BCUT2D eigenvalue weighted by molar-refractivity contribution is -0.123. The lowest BCUT2D eigenvalue weighted by atomic mass is 10.1. The molecule has 0 fully saturated rings. The van der Waals surface area contributed by atoms with E-state index in [4.69, 9.17) is 0 Å². The fourth-order valence-corrected chi connectivity index (χ4v) is 4.79. The van der Waals surface area contributed by atoms with E-state index in [0.29, 0.717) is 24.3 Å². The first-order chi connectivity index (χ1) is 19.2. The van der Waals surface area contributed by atoms with Crippen LogP contribution in [0.25, 0.3) is 5.65 Å². The van der Waals surface area contributed by atoms with Crippen LogP contribution in [0.4, 0.5) is 0 Å². The summed E-state index contributed by atoms with van der Waals surface area (Å²) in [4.78, 5) is 65.7. The van der Waals surface area contributed by atoms with Gasteiger partial charge in [0.1, 0.15) is 6.04 Å². The van der Waals surface area contributed by atoms with Crippen molar-refractivity contribution in [2.24, 2.45) is 0 Å². The summed E-state index contributed by atoms with van der Waals surface area (Å²) < 4.78 is 2.71. The van der Waals surface area contributed by atoms with E-state index in [1.807, 2.05) is 13.8 Å². The molecule has 0 radical (unpaired) electrons. The minimum absolute atomic E-state index is 0.0851. The van der Waals surface area contributed by atoms with Crippen LogP contribution in [-0.2, 0) is 17.9 Å². The average molecular weight is 546 g/mol. The second kappa shape index (κ2) is 10.5. The molecule has 0 aliphatic carbocycles. The molecule has 1 atom stereocenters. The molecule has 1 aliphatic heterocycles. The lowest BCUT2D eigenvalue weighted by Gasteiger charge is -2.34. The minimum atomic E-state index is -1.14. The third kappa shape index (κ3) is 4.72. The highest BCUT2D eigenvalue weighted by Gasteiger charge is 2.32. The summed E-state index contributed by atoms with van der Waals surface area (Å²) in [5.41, 5.74) is -0.343. The third-order valence-electron chi connectivity index (χ3n) is 6.83. The number of carbonyl (C=O) groups is 3. The molecule has 5 rings (SSSR count). The van der Waals surface area contributed by atoms with E-state index in [1.54, 1.807) is 35.2 Å². The summed E-state index contributed by atoms with van der Waals surface area (Å²) in [6, 6.07) is 11.5. The Hall–Kier alpha value is -5.20. The first kappa shape index (κ1) is 26.4. The van der Waals surface area contributed by atoms with Gasteiger partial charge in [0.05, 0.1) is 12.1 Å². The van der Waals surface area contributed by atoms with Crippen molar-refractivity contribution in [3.63, 3.8) is 0 Å². The summed E-state index contributed by atoms with van der Waals surface area (Å²) in [5.74, 6) is -2.31. The van der Waals surface area contributed by atoms with E-state index >= 15 is 0 Å². The van der Waals surface area contributed by atoms with Crippen LogP contribution in [0.5, 0.6) is 5.75 Å². The topological polar surface area (TPSA) is 171 Å². The van der Waals surface area contributed by atoms with Crippen molar-refractivity contribution < 1.29 is 19.5 Å². The molecule has 40 heavy (non-hydrogen) atoms. The number of pyridine rings is 2. The summed E-state index contributed by atoms with van der Waals surface area (Å²) in [6.07, 6.45) is 1.46. The minimum Gasteiger partial charge on any atom is -0.503 e. The van der Waals surface area contributed by atoms with Crippen LogP contribution in [0.2, 0.25) is 0 Å². The number of fused-ring (bicyclic) bond motifs is 2. The van der Waals surface area contributed by atoms with E-state index in [-0.39, 0.29) is 29.5 Å². The first-order valence-corrected chi connectivity index (χ1v) is 12.6. The molecule has 0 bridgehead atoms. The summed E-state index contributed by atoms with van der Waals surface area (Å²) in [5, 5.41) is 22.0. The van der Waals surface area contributed by atoms with E-state index in [2.05, 4.69) is 20.8 Å². The van der Waals surface area contributed by atoms with Crippen LogP contribution in [0, 0.1) is 0 Å². The van der Waals surface area contributed by atoms with Gasteiger partial charge in [-0.2, -0.15) is 5.10 Å². The van der Waals surface area contributed by atoms with Gasteiger partial charge < -0.3 is 25.2 Å². The number of benzene rings is 1. The van der Waals surface area contributed by atoms with Crippen molar-refractivity contribution in [2.75, 3.05) is 6.54 Å². The number of aromatic hydroxyl groups is 1. The van der Waals surface area contributed by atoms with Crippen molar-refractivity contribution >= 4 is 23.4 Å². The number of hydrogen-bond acceptors (Lipinski definition) is 7. The maximum atomic E-state index is 13.5. The molecule has 1 aromatic carbocycles. The quantitative estimate of drug-likeness (QED) is 0.263. The first-order valence-electron chi connectivity index (χ1n) is 12.6. The summed E-state index contributed by atoms with van der Waals surface area (Å²) in [6.45, 7) is 4.24. The molecule has 0 saturated carbocycles. The van der Waals surface area contributed by atoms with Crippen LogP contribution in [0.3, 0.4) is 0 Å². The lowest BCUT2D eigenvalue weighted by Crippen LogP contribution is -2.46. The van der Waals surface area contributed by atoms with Gasteiger partial charge in [0, 0.05) is 37.1 Å². The van der Waals surface area contributed by atoms with E-state index < -0.39 is 40.6 Å². The molecule has 0 saturated heterocycles. The Balaban J connectivity index is 1.42. The van der Waals surface area contributed by atoms with Crippen molar-refractivity contribution in [3.05, 3.63) is 98.0 Å².